The normalized spacial score (nSPS) is 10.2. The highest BCUT2D eigenvalue weighted by atomic mass is 127. The smallest absolute Gasteiger partial charge is 0.262 e. The topological polar surface area (TPSA) is 55.4 Å². The van der Waals surface area contributed by atoms with Crippen LogP contribution in [0.1, 0.15) is 23.7 Å². The highest BCUT2D eigenvalue weighted by Crippen LogP contribution is 2.23. The minimum absolute atomic E-state index is 0.0719. The molecule has 0 spiro atoms. The second-order valence-electron chi connectivity index (χ2n) is 4.76. The Hall–Kier alpha value is -1.60. The van der Waals surface area contributed by atoms with E-state index < -0.39 is 0 Å². The van der Waals surface area contributed by atoms with Crippen LogP contribution in [0.4, 0.5) is 5.69 Å². The van der Waals surface area contributed by atoms with E-state index >= 15 is 0 Å². The molecule has 2 aromatic carbocycles. The molecule has 6 heteroatoms. The second kappa shape index (κ2) is 8.31. The molecular weight excluding hydrogens is 429 g/mol. The van der Waals surface area contributed by atoms with E-state index in [1.807, 2.05) is 13.0 Å². The minimum Gasteiger partial charge on any atom is -0.484 e. The molecule has 23 heavy (non-hydrogen) atoms. The van der Waals surface area contributed by atoms with Gasteiger partial charge in [0.2, 0.25) is 0 Å². The van der Waals surface area contributed by atoms with E-state index in [1.54, 1.807) is 36.4 Å². The summed E-state index contributed by atoms with van der Waals surface area (Å²) in [6.45, 7) is 1.68. The van der Waals surface area contributed by atoms with E-state index in [0.29, 0.717) is 28.4 Å². The summed E-state index contributed by atoms with van der Waals surface area (Å²) in [5.74, 6) is 0.297. The predicted molar refractivity (Wildman–Crippen MR) is 99.4 cm³/mol. The number of nitrogens with one attached hydrogen (secondary N) is 1. The van der Waals surface area contributed by atoms with Gasteiger partial charge in [0.15, 0.2) is 12.4 Å². The Labute approximate surface area is 153 Å². The zero-order valence-corrected chi connectivity index (χ0v) is 15.3. The summed E-state index contributed by atoms with van der Waals surface area (Å²) < 4.78 is 6.39. The zero-order chi connectivity index (χ0) is 16.8. The lowest BCUT2D eigenvalue weighted by atomic mass is 10.1. The lowest BCUT2D eigenvalue weighted by Crippen LogP contribution is -2.20. The van der Waals surface area contributed by atoms with Gasteiger partial charge in [-0.05, 0) is 65.1 Å². The standard InChI is InChI=1S/C17H15ClINO3/c1-2-16(21)11-3-6-13(7-4-11)23-10-17(22)20-15-8-5-12(19)9-14(15)18/h3-9H,2,10H2,1H3,(H,20,22). The summed E-state index contributed by atoms with van der Waals surface area (Å²) in [6.07, 6.45) is 0.458. The van der Waals surface area contributed by atoms with Crippen LogP contribution in [0.2, 0.25) is 5.02 Å². The van der Waals surface area contributed by atoms with Crippen molar-refractivity contribution >= 4 is 51.6 Å². The molecule has 4 nitrogen and oxygen atoms in total. The Balaban J connectivity index is 1.90. The van der Waals surface area contributed by atoms with E-state index in [9.17, 15) is 9.59 Å². The van der Waals surface area contributed by atoms with Gasteiger partial charge in [-0.15, -0.1) is 0 Å². The maximum atomic E-state index is 11.9. The molecule has 0 bridgehead atoms. The summed E-state index contributed by atoms with van der Waals surface area (Å²) in [5, 5.41) is 3.17. The molecule has 0 heterocycles. The van der Waals surface area contributed by atoms with Crippen LogP contribution in [-0.4, -0.2) is 18.3 Å². The molecule has 0 aliphatic rings. The zero-order valence-electron chi connectivity index (χ0n) is 12.4. The number of rotatable bonds is 6. The minimum atomic E-state index is -0.304. The molecule has 0 radical (unpaired) electrons. The molecule has 0 unspecified atom stereocenters. The fraction of sp³-hybridized carbons (Fsp3) is 0.176. The van der Waals surface area contributed by atoms with Crippen LogP contribution in [0.5, 0.6) is 5.75 Å². The van der Waals surface area contributed by atoms with Crippen LogP contribution in [-0.2, 0) is 4.79 Å². The summed E-state index contributed by atoms with van der Waals surface area (Å²) in [5.41, 5.74) is 1.18. The third-order valence-electron chi connectivity index (χ3n) is 3.07. The number of ether oxygens (including phenoxy) is 1. The maximum absolute atomic E-state index is 11.9. The van der Waals surface area contributed by atoms with E-state index in [0.717, 1.165) is 3.57 Å². The molecule has 2 aromatic rings. The highest BCUT2D eigenvalue weighted by molar-refractivity contribution is 14.1. The first-order valence-corrected chi connectivity index (χ1v) is 8.46. The van der Waals surface area contributed by atoms with Gasteiger partial charge in [-0.3, -0.25) is 9.59 Å². The van der Waals surface area contributed by atoms with Gasteiger partial charge in [0.05, 0.1) is 10.7 Å². The van der Waals surface area contributed by atoms with Crippen LogP contribution in [0, 0.1) is 3.57 Å². The van der Waals surface area contributed by atoms with E-state index in [1.165, 1.54) is 0 Å². The fourth-order valence-corrected chi connectivity index (χ4v) is 2.77. The van der Waals surface area contributed by atoms with Gasteiger partial charge in [-0.25, -0.2) is 0 Å². The van der Waals surface area contributed by atoms with Gasteiger partial charge in [0.1, 0.15) is 5.75 Å². The van der Waals surface area contributed by atoms with E-state index in [2.05, 4.69) is 27.9 Å². The summed E-state index contributed by atoms with van der Waals surface area (Å²) in [6, 6.07) is 12.1. The van der Waals surface area contributed by atoms with E-state index in [-0.39, 0.29) is 18.3 Å². The van der Waals surface area contributed by atoms with Crippen LogP contribution in [0.25, 0.3) is 0 Å². The second-order valence-corrected chi connectivity index (χ2v) is 6.41. The molecule has 1 N–H and O–H groups in total. The third-order valence-corrected chi connectivity index (χ3v) is 4.06. The first-order chi connectivity index (χ1) is 11.0. The lowest BCUT2D eigenvalue weighted by molar-refractivity contribution is -0.118. The number of Topliss-reactive ketones (excluding diaryl/α,β-unsaturated/α-hetero) is 1. The van der Waals surface area contributed by atoms with Gasteiger partial charge < -0.3 is 10.1 Å². The van der Waals surface area contributed by atoms with Crippen molar-refractivity contribution in [3.05, 3.63) is 56.6 Å². The molecule has 0 atom stereocenters. The lowest BCUT2D eigenvalue weighted by Gasteiger charge is -2.09. The number of ketones is 1. The Kier molecular flexibility index (Phi) is 6.41. The van der Waals surface area contributed by atoms with Crippen molar-refractivity contribution in [3.8, 4) is 5.75 Å². The van der Waals surface area contributed by atoms with Crippen LogP contribution < -0.4 is 10.1 Å². The van der Waals surface area contributed by atoms with Gasteiger partial charge in [0, 0.05) is 15.6 Å². The van der Waals surface area contributed by atoms with Gasteiger partial charge in [-0.2, -0.15) is 0 Å². The number of hydrogen-bond acceptors (Lipinski definition) is 3. The first-order valence-electron chi connectivity index (χ1n) is 7.00. The molecule has 0 aliphatic heterocycles. The van der Waals surface area contributed by atoms with Crippen molar-refractivity contribution < 1.29 is 14.3 Å². The van der Waals surface area contributed by atoms with Crippen molar-refractivity contribution in [2.75, 3.05) is 11.9 Å². The van der Waals surface area contributed by atoms with E-state index in [4.69, 9.17) is 16.3 Å². The molecule has 0 saturated heterocycles. The van der Waals surface area contributed by atoms with Crippen LogP contribution in [0.3, 0.4) is 0 Å². The van der Waals surface area contributed by atoms with Crippen LogP contribution in [0.15, 0.2) is 42.5 Å². The summed E-state index contributed by atoms with van der Waals surface area (Å²) in [7, 11) is 0. The van der Waals surface area contributed by atoms with Crippen molar-refractivity contribution in [3.63, 3.8) is 0 Å². The first kappa shape index (κ1) is 17.7. The molecule has 0 aromatic heterocycles. The number of benzene rings is 2. The Morgan fingerprint density at radius 2 is 1.87 bits per heavy atom. The molecular formula is C17H15ClINO3. The van der Waals surface area contributed by atoms with Gasteiger partial charge >= 0.3 is 0 Å². The molecule has 2 rings (SSSR count). The number of carbonyl (C=O) groups is 2. The Morgan fingerprint density at radius 1 is 1.17 bits per heavy atom. The van der Waals surface area contributed by atoms with Crippen LogP contribution >= 0.6 is 34.2 Å². The number of hydrogen-bond donors (Lipinski definition) is 1. The van der Waals surface area contributed by atoms with Gasteiger partial charge in [-0.1, -0.05) is 18.5 Å². The van der Waals surface area contributed by atoms with Crippen molar-refractivity contribution in [1.29, 1.82) is 0 Å². The number of halogens is 2. The fourth-order valence-electron chi connectivity index (χ4n) is 1.87. The molecule has 0 aliphatic carbocycles. The average molecular weight is 444 g/mol. The van der Waals surface area contributed by atoms with Crippen molar-refractivity contribution in [1.82, 2.24) is 0 Å². The maximum Gasteiger partial charge on any atom is 0.262 e. The highest BCUT2D eigenvalue weighted by Gasteiger charge is 2.08. The van der Waals surface area contributed by atoms with Crippen molar-refractivity contribution in [2.45, 2.75) is 13.3 Å². The SMILES string of the molecule is CCC(=O)c1ccc(OCC(=O)Nc2ccc(I)cc2Cl)cc1. The van der Waals surface area contributed by atoms with Crippen molar-refractivity contribution in [2.24, 2.45) is 0 Å². The number of carbonyl (C=O) groups excluding carboxylic acids is 2. The Bertz CT molecular complexity index is 716. The molecule has 0 saturated carbocycles. The average Bonchev–Trinajstić information content (AvgIpc) is 2.55. The third kappa shape index (κ3) is 5.21. The summed E-state index contributed by atoms with van der Waals surface area (Å²) >= 11 is 8.20. The molecule has 0 fully saturated rings. The quantitative estimate of drug-likeness (QED) is 0.526. The Morgan fingerprint density at radius 3 is 2.48 bits per heavy atom. The van der Waals surface area contributed by atoms with Gasteiger partial charge in [0.25, 0.3) is 5.91 Å². The molecule has 1 amide bonds. The molecule has 120 valence electrons. The predicted octanol–water partition coefficient (Wildman–Crippen LogP) is 4.55. The number of anilines is 1. The number of amides is 1. The monoisotopic (exact) mass is 443 g/mol. The summed E-state index contributed by atoms with van der Waals surface area (Å²) in [4.78, 5) is 23.4. The largest absolute Gasteiger partial charge is 0.484 e.